The van der Waals surface area contributed by atoms with Gasteiger partial charge >= 0.3 is 0 Å². The van der Waals surface area contributed by atoms with Crippen molar-refractivity contribution in [2.24, 2.45) is 0 Å². The van der Waals surface area contributed by atoms with Crippen LogP contribution in [0.1, 0.15) is 44.1 Å². The first-order valence-electron chi connectivity index (χ1n) is 6.59. The average Bonchev–Trinajstić information content (AvgIpc) is 3.18. The van der Waals surface area contributed by atoms with E-state index in [9.17, 15) is 0 Å². The Morgan fingerprint density at radius 2 is 1.94 bits per heavy atom. The van der Waals surface area contributed by atoms with Crippen LogP contribution in [0.15, 0.2) is 0 Å². The number of nitrogens with zero attached hydrogens (tertiary/aromatic N) is 3. The van der Waals surface area contributed by atoms with Crippen LogP contribution in [0.4, 0.5) is 0 Å². The quantitative estimate of drug-likeness (QED) is 0.559. The van der Waals surface area contributed by atoms with Crippen LogP contribution in [0.3, 0.4) is 0 Å². The topological polar surface area (TPSA) is 29.0 Å². The van der Waals surface area contributed by atoms with Crippen LogP contribution in [0, 0.1) is 3.57 Å². The molecule has 0 atom stereocenters. The highest BCUT2D eigenvalue weighted by atomic mass is 127. The zero-order valence-corrected chi connectivity index (χ0v) is 13.8. The summed E-state index contributed by atoms with van der Waals surface area (Å²) in [5, 5.41) is 0.627. The summed E-state index contributed by atoms with van der Waals surface area (Å²) in [5.74, 6) is 1.53. The summed E-state index contributed by atoms with van der Waals surface area (Å²) < 4.78 is 1.04. The van der Waals surface area contributed by atoms with Crippen molar-refractivity contribution >= 4 is 34.2 Å². The minimum absolute atomic E-state index is 0.627. The second-order valence-corrected chi connectivity index (χ2v) is 6.12. The minimum Gasteiger partial charge on any atom is -0.303 e. The normalized spacial score (nSPS) is 15.4. The molecule has 1 saturated carbocycles. The lowest BCUT2D eigenvalue weighted by Crippen LogP contribution is -2.26. The summed E-state index contributed by atoms with van der Waals surface area (Å²) >= 11 is 8.47. The molecule has 0 aromatic carbocycles. The monoisotopic (exact) mass is 379 g/mol. The van der Waals surface area contributed by atoms with Gasteiger partial charge in [-0.2, -0.15) is 0 Å². The van der Waals surface area contributed by atoms with Crippen LogP contribution in [-0.4, -0.2) is 34.5 Å². The zero-order valence-electron chi connectivity index (χ0n) is 10.9. The Labute approximate surface area is 127 Å². The second-order valence-electron chi connectivity index (χ2n) is 4.68. The van der Waals surface area contributed by atoms with E-state index >= 15 is 0 Å². The van der Waals surface area contributed by atoms with Gasteiger partial charge in [-0.3, -0.25) is 0 Å². The Balaban J connectivity index is 2.08. The molecule has 3 nitrogen and oxygen atoms in total. The first-order chi connectivity index (χ1) is 8.65. The molecule has 0 radical (unpaired) electrons. The van der Waals surface area contributed by atoms with Gasteiger partial charge in [0, 0.05) is 18.9 Å². The minimum atomic E-state index is 0.627. The number of hydrogen-bond acceptors (Lipinski definition) is 3. The molecule has 0 bridgehead atoms. The second kappa shape index (κ2) is 6.48. The third kappa shape index (κ3) is 3.54. The van der Waals surface area contributed by atoms with Crippen LogP contribution < -0.4 is 0 Å². The van der Waals surface area contributed by atoms with E-state index < -0.39 is 0 Å². The molecule has 1 fully saturated rings. The molecule has 0 saturated heterocycles. The molecule has 5 heteroatoms. The van der Waals surface area contributed by atoms with Crippen molar-refractivity contribution < 1.29 is 0 Å². The van der Waals surface area contributed by atoms with Gasteiger partial charge in [-0.15, -0.1) is 0 Å². The van der Waals surface area contributed by atoms with E-state index in [4.69, 9.17) is 16.6 Å². The molecule has 0 amide bonds. The van der Waals surface area contributed by atoms with Gasteiger partial charge in [-0.1, -0.05) is 25.4 Å². The van der Waals surface area contributed by atoms with Gasteiger partial charge in [0.1, 0.15) is 11.0 Å². The SMILES string of the molecule is CCN(CC)CCc1nc(Cl)c(I)c(C2CC2)n1. The Bertz CT molecular complexity index is 417. The molecular weight excluding hydrogens is 361 g/mol. The maximum Gasteiger partial charge on any atom is 0.146 e. The number of aromatic nitrogens is 2. The predicted molar refractivity (Wildman–Crippen MR) is 83.2 cm³/mol. The van der Waals surface area contributed by atoms with Crippen LogP contribution in [-0.2, 0) is 6.42 Å². The maximum atomic E-state index is 6.20. The molecule has 1 aromatic rings. The molecule has 18 heavy (non-hydrogen) atoms. The highest BCUT2D eigenvalue weighted by Gasteiger charge is 2.29. The molecule has 100 valence electrons. The first-order valence-corrected chi connectivity index (χ1v) is 8.05. The zero-order chi connectivity index (χ0) is 13.1. The fourth-order valence-corrected chi connectivity index (χ4v) is 2.89. The van der Waals surface area contributed by atoms with Crippen LogP contribution in [0.5, 0.6) is 0 Å². The standard InChI is InChI=1S/C13H19ClIN3/c1-3-18(4-2)8-7-10-16-12(9-5-6-9)11(15)13(14)17-10/h9H,3-8H2,1-2H3. The van der Waals surface area contributed by atoms with Crippen molar-refractivity contribution in [2.45, 2.75) is 39.0 Å². The summed E-state index contributed by atoms with van der Waals surface area (Å²) in [4.78, 5) is 11.5. The largest absolute Gasteiger partial charge is 0.303 e. The fraction of sp³-hybridized carbons (Fsp3) is 0.692. The summed E-state index contributed by atoms with van der Waals surface area (Å²) in [6, 6.07) is 0. The summed E-state index contributed by atoms with van der Waals surface area (Å²) in [7, 11) is 0. The predicted octanol–water partition coefficient (Wildman–Crippen LogP) is 3.50. The Hall–Kier alpha value is 0.0600. The first kappa shape index (κ1) is 14.5. The summed E-state index contributed by atoms with van der Waals surface area (Å²) in [6.07, 6.45) is 3.38. The molecule has 2 rings (SSSR count). The highest BCUT2D eigenvalue weighted by Crippen LogP contribution is 2.42. The van der Waals surface area contributed by atoms with E-state index in [2.05, 4.69) is 46.3 Å². The molecule has 1 aromatic heterocycles. The Kier molecular flexibility index (Phi) is 5.21. The molecule has 1 heterocycles. The molecule has 0 N–H and O–H groups in total. The molecule has 0 unspecified atom stereocenters. The highest BCUT2D eigenvalue weighted by molar-refractivity contribution is 14.1. The molecular formula is C13H19ClIN3. The van der Waals surface area contributed by atoms with Gasteiger partial charge < -0.3 is 4.90 Å². The molecule has 0 aliphatic heterocycles. The van der Waals surface area contributed by atoms with E-state index in [1.54, 1.807) is 0 Å². The third-order valence-corrected chi connectivity index (χ3v) is 5.05. The lowest BCUT2D eigenvalue weighted by molar-refractivity contribution is 0.305. The van der Waals surface area contributed by atoms with E-state index in [1.807, 2.05) is 0 Å². The Morgan fingerprint density at radius 3 is 2.50 bits per heavy atom. The van der Waals surface area contributed by atoms with Gasteiger partial charge in [-0.25, -0.2) is 9.97 Å². The van der Waals surface area contributed by atoms with Gasteiger partial charge in [0.25, 0.3) is 0 Å². The smallest absolute Gasteiger partial charge is 0.146 e. The van der Waals surface area contributed by atoms with Crippen molar-refractivity contribution in [3.8, 4) is 0 Å². The van der Waals surface area contributed by atoms with E-state index in [0.717, 1.165) is 35.4 Å². The number of halogens is 2. The van der Waals surface area contributed by atoms with Crippen LogP contribution >= 0.6 is 34.2 Å². The van der Waals surface area contributed by atoms with Crippen molar-refractivity contribution in [1.82, 2.24) is 14.9 Å². The lowest BCUT2D eigenvalue weighted by atomic mass is 10.2. The lowest BCUT2D eigenvalue weighted by Gasteiger charge is -2.17. The summed E-state index contributed by atoms with van der Waals surface area (Å²) in [5.41, 5.74) is 1.17. The van der Waals surface area contributed by atoms with Gasteiger partial charge in [-0.05, 0) is 48.5 Å². The van der Waals surface area contributed by atoms with Gasteiger partial charge in [0.15, 0.2) is 0 Å². The van der Waals surface area contributed by atoms with Gasteiger partial charge in [0.2, 0.25) is 0 Å². The molecule has 0 spiro atoms. The van der Waals surface area contributed by atoms with Crippen molar-refractivity contribution in [1.29, 1.82) is 0 Å². The van der Waals surface area contributed by atoms with Crippen LogP contribution in [0.25, 0.3) is 0 Å². The molecule has 1 aliphatic rings. The van der Waals surface area contributed by atoms with Crippen molar-refractivity contribution in [3.05, 3.63) is 20.2 Å². The number of hydrogen-bond donors (Lipinski definition) is 0. The van der Waals surface area contributed by atoms with Gasteiger partial charge in [0.05, 0.1) is 9.26 Å². The number of likely N-dealkylation sites (N-methyl/N-ethyl adjacent to an activating group) is 1. The average molecular weight is 380 g/mol. The Morgan fingerprint density at radius 1 is 1.28 bits per heavy atom. The van der Waals surface area contributed by atoms with Crippen molar-refractivity contribution in [2.75, 3.05) is 19.6 Å². The maximum absolute atomic E-state index is 6.20. The number of rotatable bonds is 6. The third-order valence-electron chi connectivity index (χ3n) is 3.39. The van der Waals surface area contributed by atoms with E-state index in [0.29, 0.717) is 11.1 Å². The summed E-state index contributed by atoms with van der Waals surface area (Å²) in [6.45, 7) is 7.52. The molecule has 1 aliphatic carbocycles. The van der Waals surface area contributed by atoms with Crippen LogP contribution in [0.2, 0.25) is 5.15 Å². The van der Waals surface area contributed by atoms with Crippen molar-refractivity contribution in [3.63, 3.8) is 0 Å². The van der Waals surface area contributed by atoms with E-state index in [-0.39, 0.29) is 0 Å². The fourth-order valence-electron chi connectivity index (χ4n) is 2.02. The van der Waals surface area contributed by atoms with E-state index in [1.165, 1.54) is 18.5 Å².